The van der Waals surface area contributed by atoms with Crippen molar-refractivity contribution < 1.29 is 13.9 Å². The summed E-state index contributed by atoms with van der Waals surface area (Å²) in [6, 6.07) is 11.8. The van der Waals surface area contributed by atoms with Gasteiger partial charge in [0.25, 0.3) is 0 Å². The van der Waals surface area contributed by atoms with Gasteiger partial charge in [0.05, 0.1) is 24.0 Å². The van der Waals surface area contributed by atoms with Gasteiger partial charge in [-0.15, -0.1) is 11.3 Å². The van der Waals surface area contributed by atoms with Crippen LogP contribution in [0.4, 0.5) is 4.39 Å². The lowest BCUT2D eigenvalue weighted by atomic mass is 9.93. The summed E-state index contributed by atoms with van der Waals surface area (Å²) in [5.74, 6) is -0.585. The van der Waals surface area contributed by atoms with Gasteiger partial charge in [-0.1, -0.05) is 24.3 Å². The maximum Gasteiger partial charge on any atom is 0.338 e. The van der Waals surface area contributed by atoms with Crippen LogP contribution in [0.15, 0.2) is 72.8 Å². The van der Waals surface area contributed by atoms with Gasteiger partial charge in [-0.25, -0.2) is 19.2 Å². The van der Waals surface area contributed by atoms with Crippen molar-refractivity contribution in [2.75, 3.05) is 7.11 Å². The van der Waals surface area contributed by atoms with E-state index in [-0.39, 0.29) is 11.7 Å². The Kier molecular flexibility index (Phi) is 5.99. The fourth-order valence-corrected chi connectivity index (χ4v) is 4.21. The number of carbonyl (C=O) groups is 1. The van der Waals surface area contributed by atoms with Crippen LogP contribution in [-0.2, 0) is 17.7 Å². The summed E-state index contributed by atoms with van der Waals surface area (Å²) in [6.45, 7) is 0.748. The fraction of sp³-hybridized carbons (Fsp3) is 0.174. The summed E-state index contributed by atoms with van der Waals surface area (Å²) in [4.78, 5) is 20.9. The van der Waals surface area contributed by atoms with Crippen LogP contribution in [0.5, 0.6) is 0 Å². The van der Waals surface area contributed by atoms with Crippen molar-refractivity contribution in [2.45, 2.75) is 18.9 Å². The Hall–Kier alpha value is -3.32. The van der Waals surface area contributed by atoms with Gasteiger partial charge in [0, 0.05) is 36.4 Å². The van der Waals surface area contributed by atoms with E-state index >= 15 is 0 Å². The molecule has 0 N–H and O–H groups in total. The molecule has 5 nitrogen and oxygen atoms in total. The van der Waals surface area contributed by atoms with Crippen molar-refractivity contribution in [2.24, 2.45) is 0 Å². The molecule has 0 aliphatic heterocycles. The maximum atomic E-state index is 13.4. The summed E-state index contributed by atoms with van der Waals surface area (Å²) in [5, 5.41) is 3.02. The molecule has 30 heavy (non-hydrogen) atoms. The zero-order valence-corrected chi connectivity index (χ0v) is 17.2. The van der Waals surface area contributed by atoms with E-state index in [1.165, 1.54) is 19.2 Å². The van der Waals surface area contributed by atoms with Crippen LogP contribution >= 0.6 is 11.3 Å². The highest BCUT2D eigenvalue weighted by Crippen LogP contribution is 2.30. The van der Waals surface area contributed by atoms with E-state index in [1.54, 1.807) is 42.1 Å². The van der Waals surface area contributed by atoms with Crippen molar-refractivity contribution in [1.29, 1.82) is 0 Å². The topological polar surface area (TPSA) is 57.0 Å². The normalized spacial score (nSPS) is 11.9. The minimum absolute atomic E-state index is 0.157. The molecule has 2 aromatic carbocycles. The average molecular weight is 421 g/mol. The molecule has 0 aliphatic carbocycles. The summed E-state index contributed by atoms with van der Waals surface area (Å²) in [7, 11) is 1.36. The SMILES string of the molecule is COC(=O)c1ccc(CC(Cn2ccnc2)c2nccs2)cc1-c1ccc(F)cc1. The first-order chi connectivity index (χ1) is 14.6. The third-order valence-electron chi connectivity index (χ3n) is 4.92. The Morgan fingerprint density at radius 1 is 1.20 bits per heavy atom. The fourth-order valence-electron chi connectivity index (χ4n) is 3.47. The monoisotopic (exact) mass is 421 g/mol. The number of hydrogen-bond acceptors (Lipinski definition) is 5. The molecule has 4 aromatic rings. The number of halogens is 1. The second-order valence-corrected chi connectivity index (χ2v) is 7.84. The van der Waals surface area contributed by atoms with E-state index < -0.39 is 5.97 Å². The number of imidazole rings is 1. The number of methoxy groups -OCH3 is 1. The molecule has 152 valence electrons. The van der Waals surface area contributed by atoms with Crippen LogP contribution in [0.25, 0.3) is 11.1 Å². The molecule has 2 aromatic heterocycles. The first-order valence-electron chi connectivity index (χ1n) is 9.46. The summed E-state index contributed by atoms with van der Waals surface area (Å²) in [6.07, 6.45) is 8.04. The lowest BCUT2D eigenvalue weighted by Gasteiger charge is -2.17. The Morgan fingerprint density at radius 3 is 2.70 bits per heavy atom. The minimum atomic E-state index is -0.421. The third-order valence-corrected chi connectivity index (χ3v) is 5.86. The maximum absolute atomic E-state index is 13.4. The highest BCUT2D eigenvalue weighted by molar-refractivity contribution is 7.09. The molecule has 0 saturated heterocycles. The Balaban J connectivity index is 1.69. The molecular weight excluding hydrogens is 401 g/mol. The number of thiazole rings is 1. The van der Waals surface area contributed by atoms with Gasteiger partial charge in [0.15, 0.2) is 0 Å². The van der Waals surface area contributed by atoms with E-state index in [0.717, 1.165) is 34.7 Å². The molecular formula is C23H20FN3O2S. The molecule has 4 rings (SSSR count). The number of esters is 1. The quantitative estimate of drug-likeness (QED) is 0.396. The molecule has 1 unspecified atom stereocenters. The first-order valence-corrected chi connectivity index (χ1v) is 10.3. The van der Waals surface area contributed by atoms with Crippen LogP contribution in [0, 0.1) is 5.82 Å². The smallest absolute Gasteiger partial charge is 0.338 e. The number of nitrogens with zero attached hydrogens (tertiary/aromatic N) is 3. The zero-order valence-electron chi connectivity index (χ0n) is 16.4. The standard InChI is InChI=1S/C23H20FN3O2S/c1-29-23(28)20-7-2-16(13-21(20)17-3-5-19(24)6-4-17)12-18(22-26-9-11-30-22)14-27-10-8-25-15-27/h2-11,13,15,18H,12,14H2,1H3. The largest absolute Gasteiger partial charge is 0.465 e. The highest BCUT2D eigenvalue weighted by Gasteiger charge is 2.19. The summed E-state index contributed by atoms with van der Waals surface area (Å²) in [5.41, 5.74) is 2.99. The van der Waals surface area contributed by atoms with Gasteiger partial charge in [0.2, 0.25) is 0 Å². The predicted octanol–water partition coefficient (Wildman–Crippen LogP) is 4.96. The zero-order chi connectivity index (χ0) is 20.9. The Bertz CT molecular complexity index is 1110. The van der Waals surface area contributed by atoms with Crippen molar-refractivity contribution in [3.63, 3.8) is 0 Å². The molecule has 0 fully saturated rings. The molecule has 0 aliphatic rings. The van der Waals surface area contributed by atoms with Crippen molar-refractivity contribution in [3.05, 3.63) is 94.7 Å². The van der Waals surface area contributed by atoms with Crippen LogP contribution < -0.4 is 0 Å². The van der Waals surface area contributed by atoms with Crippen LogP contribution in [0.3, 0.4) is 0 Å². The minimum Gasteiger partial charge on any atom is -0.465 e. The second-order valence-electron chi connectivity index (χ2n) is 6.91. The number of carbonyl (C=O) groups excluding carboxylic acids is 1. The van der Waals surface area contributed by atoms with Crippen molar-refractivity contribution in [1.82, 2.24) is 14.5 Å². The van der Waals surface area contributed by atoms with Crippen molar-refractivity contribution in [3.8, 4) is 11.1 Å². The van der Waals surface area contributed by atoms with Gasteiger partial charge in [-0.05, 0) is 41.3 Å². The number of aromatic nitrogens is 3. The van der Waals surface area contributed by atoms with E-state index in [2.05, 4.69) is 9.97 Å². The van der Waals surface area contributed by atoms with E-state index in [9.17, 15) is 9.18 Å². The molecule has 2 heterocycles. The van der Waals surface area contributed by atoms with Crippen LogP contribution in [-0.4, -0.2) is 27.6 Å². The van der Waals surface area contributed by atoms with Gasteiger partial charge >= 0.3 is 5.97 Å². The lowest BCUT2D eigenvalue weighted by molar-refractivity contribution is 0.0601. The van der Waals surface area contributed by atoms with Gasteiger partial charge < -0.3 is 9.30 Å². The second kappa shape index (κ2) is 9.00. The van der Waals surface area contributed by atoms with E-state index in [1.807, 2.05) is 34.5 Å². The molecule has 7 heteroatoms. The molecule has 0 amide bonds. The highest BCUT2D eigenvalue weighted by atomic mass is 32.1. The third kappa shape index (κ3) is 4.46. The van der Waals surface area contributed by atoms with Crippen molar-refractivity contribution >= 4 is 17.3 Å². The number of benzene rings is 2. The summed E-state index contributed by atoms with van der Waals surface area (Å²) < 4.78 is 20.4. The molecule has 0 spiro atoms. The van der Waals surface area contributed by atoms with Gasteiger partial charge in [-0.2, -0.15) is 0 Å². The molecule has 0 bridgehead atoms. The van der Waals surface area contributed by atoms with Gasteiger partial charge in [-0.3, -0.25) is 0 Å². The van der Waals surface area contributed by atoms with E-state index in [0.29, 0.717) is 5.56 Å². The number of ether oxygens (including phenoxy) is 1. The Morgan fingerprint density at radius 2 is 2.03 bits per heavy atom. The van der Waals surface area contributed by atoms with Gasteiger partial charge in [0.1, 0.15) is 5.82 Å². The van der Waals surface area contributed by atoms with Crippen LogP contribution in [0.1, 0.15) is 26.8 Å². The van der Waals surface area contributed by atoms with E-state index in [4.69, 9.17) is 4.74 Å². The first kappa shape index (κ1) is 20.0. The molecule has 1 atom stereocenters. The Labute approximate surface area is 177 Å². The molecule has 0 radical (unpaired) electrons. The average Bonchev–Trinajstić information content (AvgIpc) is 3.47. The number of hydrogen-bond donors (Lipinski definition) is 0. The number of rotatable bonds is 7. The van der Waals surface area contributed by atoms with Crippen LogP contribution in [0.2, 0.25) is 0 Å². The predicted molar refractivity (Wildman–Crippen MR) is 114 cm³/mol. The molecule has 0 saturated carbocycles. The summed E-state index contributed by atoms with van der Waals surface area (Å²) >= 11 is 1.63. The lowest BCUT2D eigenvalue weighted by Crippen LogP contribution is -2.11.